The Morgan fingerprint density at radius 2 is 2.12 bits per heavy atom. The van der Waals surface area contributed by atoms with Gasteiger partial charge in [-0.25, -0.2) is 0 Å². The van der Waals surface area contributed by atoms with Crippen LogP contribution < -0.4 is 11.1 Å². The third kappa shape index (κ3) is 3.46. The maximum absolute atomic E-state index is 11.7. The van der Waals surface area contributed by atoms with Gasteiger partial charge in [-0.3, -0.25) is 4.79 Å². The van der Waals surface area contributed by atoms with Crippen LogP contribution in [0.15, 0.2) is 0 Å². The van der Waals surface area contributed by atoms with Crippen molar-refractivity contribution in [3.8, 4) is 0 Å². The molecule has 0 aromatic rings. The minimum absolute atomic E-state index is 0.0258. The summed E-state index contributed by atoms with van der Waals surface area (Å²) in [6.07, 6.45) is 5.09. The average molecular weight is 228 g/mol. The predicted molar refractivity (Wildman–Crippen MR) is 63.8 cm³/mol. The minimum Gasteiger partial charge on any atom is -0.396 e. The lowest BCUT2D eigenvalue weighted by atomic mass is 9.87. The van der Waals surface area contributed by atoms with Crippen LogP contribution in [0.1, 0.15) is 39.0 Å². The monoisotopic (exact) mass is 228 g/mol. The topological polar surface area (TPSA) is 75.4 Å². The van der Waals surface area contributed by atoms with Crippen LogP contribution >= 0.6 is 0 Å². The number of hydrogen-bond donors (Lipinski definition) is 3. The molecule has 0 aromatic carbocycles. The van der Waals surface area contributed by atoms with Crippen LogP contribution in [0.25, 0.3) is 0 Å². The summed E-state index contributed by atoms with van der Waals surface area (Å²) >= 11 is 0. The number of aliphatic hydroxyl groups is 1. The fourth-order valence-electron chi connectivity index (χ4n) is 2.35. The molecule has 1 amide bonds. The maximum Gasteiger partial charge on any atom is 0.222 e. The van der Waals surface area contributed by atoms with Gasteiger partial charge in [0.25, 0.3) is 0 Å². The van der Waals surface area contributed by atoms with Gasteiger partial charge in [-0.15, -0.1) is 0 Å². The minimum atomic E-state index is -0.0574. The first-order chi connectivity index (χ1) is 7.63. The summed E-state index contributed by atoms with van der Waals surface area (Å²) in [6, 6.07) is 0. The average Bonchev–Trinajstić information content (AvgIpc) is 2.75. The van der Waals surface area contributed by atoms with Crippen molar-refractivity contribution < 1.29 is 9.90 Å². The summed E-state index contributed by atoms with van der Waals surface area (Å²) in [5.74, 6) is 0.0346. The standard InChI is InChI=1S/C12H24N2O2/c1-10(4-7-13)11(16)14-8-12(9-15)5-2-3-6-12/h10,15H,2-9,13H2,1H3,(H,14,16). The molecule has 16 heavy (non-hydrogen) atoms. The van der Waals surface area contributed by atoms with E-state index >= 15 is 0 Å². The van der Waals surface area contributed by atoms with Gasteiger partial charge in [0.2, 0.25) is 5.91 Å². The molecule has 1 rings (SSSR count). The number of amides is 1. The summed E-state index contributed by atoms with van der Waals surface area (Å²) in [5.41, 5.74) is 5.36. The van der Waals surface area contributed by atoms with Gasteiger partial charge < -0.3 is 16.2 Å². The number of nitrogens with one attached hydrogen (secondary N) is 1. The molecule has 0 radical (unpaired) electrons. The molecule has 0 spiro atoms. The third-order valence-electron chi connectivity index (χ3n) is 3.68. The van der Waals surface area contributed by atoms with Crippen LogP contribution in [0.2, 0.25) is 0 Å². The molecule has 94 valence electrons. The van der Waals surface area contributed by atoms with Gasteiger partial charge in [0, 0.05) is 17.9 Å². The van der Waals surface area contributed by atoms with E-state index in [2.05, 4.69) is 5.32 Å². The first kappa shape index (κ1) is 13.5. The molecule has 0 heterocycles. The predicted octanol–water partition coefficient (Wildman–Crippen LogP) is 0.640. The number of hydrogen-bond acceptors (Lipinski definition) is 3. The molecule has 1 saturated carbocycles. The Kier molecular flexibility index (Phi) is 5.22. The van der Waals surface area contributed by atoms with Gasteiger partial charge >= 0.3 is 0 Å². The van der Waals surface area contributed by atoms with Crippen LogP contribution in [0.3, 0.4) is 0 Å². The lowest BCUT2D eigenvalue weighted by Gasteiger charge is -2.27. The van der Waals surface area contributed by atoms with E-state index in [0.717, 1.165) is 32.1 Å². The highest BCUT2D eigenvalue weighted by Crippen LogP contribution is 2.36. The molecular weight excluding hydrogens is 204 g/mol. The lowest BCUT2D eigenvalue weighted by Crippen LogP contribution is -2.40. The molecule has 0 aliphatic heterocycles. The summed E-state index contributed by atoms with van der Waals surface area (Å²) in [6.45, 7) is 3.22. The molecule has 4 nitrogen and oxygen atoms in total. The highest BCUT2D eigenvalue weighted by Gasteiger charge is 2.33. The molecule has 0 aromatic heterocycles. The van der Waals surface area contributed by atoms with E-state index in [9.17, 15) is 9.90 Å². The van der Waals surface area contributed by atoms with E-state index in [0.29, 0.717) is 13.1 Å². The Bertz CT molecular complexity index is 225. The van der Waals surface area contributed by atoms with Crippen LogP contribution in [0, 0.1) is 11.3 Å². The summed E-state index contributed by atoms with van der Waals surface area (Å²) in [4.78, 5) is 11.7. The number of carbonyl (C=O) groups is 1. The second-order valence-electron chi connectivity index (χ2n) is 5.06. The van der Waals surface area contributed by atoms with E-state index in [1.165, 1.54) is 0 Å². The molecule has 0 bridgehead atoms. The molecule has 4 N–H and O–H groups in total. The second kappa shape index (κ2) is 6.21. The fourth-order valence-corrected chi connectivity index (χ4v) is 2.35. The SMILES string of the molecule is CC(CCN)C(=O)NCC1(CO)CCCC1. The van der Waals surface area contributed by atoms with E-state index in [-0.39, 0.29) is 23.8 Å². The van der Waals surface area contributed by atoms with E-state index < -0.39 is 0 Å². The summed E-state index contributed by atoms with van der Waals surface area (Å²) in [7, 11) is 0. The number of carbonyl (C=O) groups excluding carboxylic acids is 1. The molecule has 4 heteroatoms. The van der Waals surface area contributed by atoms with Crippen molar-refractivity contribution in [2.75, 3.05) is 19.7 Å². The van der Waals surface area contributed by atoms with Crippen molar-refractivity contribution in [2.24, 2.45) is 17.1 Å². The van der Waals surface area contributed by atoms with Crippen molar-refractivity contribution in [3.05, 3.63) is 0 Å². The van der Waals surface area contributed by atoms with E-state index in [1.54, 1.807) is 0 Å². The molecule has 1 unspecified atom stereocenters. The highest BCUT2D eigenvalue weighted by atomic mass is 16.3. The van der Waals surface area contributed by atoms with Crippen molar-refractivity contribution in [1.82, 2.24) is 5.32 Å². The summed E-state index contributed by atoms with van der Waals surface area (Å²) in [5, 5.41) is 12.3. The summed E-state index contributed by atoms with van der Waals surface area (Å²) < 4.78 is 0. The van der Waals surface area contributed by atoms with Gasteiger partial charge in [-0.1, -0.05) is 19.8 Å². The number of aliphatic hydroxyl groups excluding tert-OH is 1. The molecule has 1 aliphatic rings. The molecule has 1 atom stereocenters. The van der Waals surface area contributed by atoms with Crippen molar-refractivity contribution in [1.29, 1.82) is 0 Å². The molecule has 1 fully saturated rings. The van der Waals surface area contributed by atoms with Gasteiger partial charge in [-0.05, 0) is 25.8 Å². The number of nitrogens with two attached hydrogens (primary N) is 1. The van der Waals surface area contributed by atoms with Crippen LogP contribution in [-0.4, -0.2) is 30.7 Å². The zero-order valence-electron chi connectivity index (χ0n) is 10.2. The van der Waals surface area contributed by atoms with E-state index in [4.69, 9.17) is 5.73 Å². The zero-order chi connectivity index (χ0) is 12.0. The fraction of sp³-hybridized carbons (Fsp3) is 0.917. The van der Waals surface area contributed by atoms with Crippen molar-refractivity contribution in [3.63, 3.8) is 0 Å². The van der Waals surface area contributed by atoms with Crippen LogP contribution in [0.4, 0.5) is 0 Å². The van der Waals surface area contributed by atoms with Crippen molar-refractivity contribution in [2.45, 2.75) is 39.0 Å². The smallest absolute Gasteiger partial charge is 0.222 e. The molecular formula is C12H24N2O2. The number of rotatable bonds is 6. The Labute approximate surface area is 97.6 Å². The van der Waals surface area contributed by atoms with Gasteiger partial charge in [0.1, 0.15) is 0 Å². The third-order valence-corrected chi connectivity index (χ3v) is 3.68. The molecule has 1 aliphatic carbocycles. The lowest BCUT2D eigenvalue weighted by molar-refractivity contribution is -0.125. The second-order valence-corrected chi connectivity index (χ2v) is 5.06. The van der Waals surface area contributed by atoms with Gasteiger partial charge in [-0.2, -0.15) is 0 Å². The van der Waals surface area contributed by atoms with Crippen molar-refractivity contribution >= 4 is 5.91 Å². The van der Waals surface area contributed by atoms with E-state index in [1.807, 2.05) is 6.92 Å². The normalized spacial score (nSPS) is 20.7. The van der Waals surface area contributed by atoms with Crippen LogP contribution in [-0.2, 0) is 4.79 Å². The van der Waals surface area contributed by atoms with Gasteiger partial charge in [0.15, 0.2) is 0 Å². The zero-order valence-corrected chi connectivity index (χ0v) is 10.2. The Morgan fingerprint density at radius 3 is 2.62 bits per heavy atom. The van der Waals surface area contributed by atoms with Crippen LogP contribution in [0.5, 0.6) is 0 Å². The largest absolute Gasteiger partial charge is 0.396 e. The highest BCUT2D eigenvalue weighted by molar-refractivity contribution is 5.78. The molecule has 0 saturated heterocycles. The Hall–Kier alpha value is -0.610. The first-order valence-corrected chi connectivity index (χ1v) is 6.22. The Balaban J connectivity index is 2.35. The first-order valence-electron chi connectivity index (χ1n) is 6.22. The Morgan fingerprint density at radius 1 is 1.50 bits per heavy atom. The quantitative estimate of drug-likeness (QED) is 0.624. The maximum atomic E-state index is 11.7. The van der Waals surface area contributed by atoms with Gasteiger partial charge in [0.05, 0.1) is 6.61 Å².